The molecule has 0 aliphatic carbocycles. The fourth-order valence-electron chi connectivity index (χ4n) is 3.37. The van der Waals surface area contributed by atoms with Crippen LogP contribution in [0.4, 0.5) is 4.39 Å². The molecule has 0 bridgehead atoms. The number of halogens is 1. The minimum Gasteiger partial charge on any atom is -0.347 e. The molecule has 0 fully saturated rings. The van der Waals surface area contributed by atoms with Gasteiger partial charge in [0, 0.05) is 19.5 Å². The monoisotopic (exact) mass is 371 g/mol. The molecule has 7 heteroatoms. The molecule has 3 heterocycles. The topological polar surface area (TPSA) is 64.0 Å². The molecule has 1 aromatic carbocycles. The van der Waals surface area contributed by atoms with E-state index in [9.17, 15) is 14.0 Å². The number of thiophene rings is 1. The van der Waals surface area contributed by atoms with E-state index < -0.39 is 0 Å². The van der Waals surface area contributed by atoms with E-state index in [4.69, 9.17) is 0 Å². The van der Waals surface area contributed by atoms with E-state index in [-0.39, 0.29) is 17.3 Å². The molecule has 3 aromatic rings. The lowest BCUT2D eigenvalue weighted by Crippen LogP contribution is -2.23. The van der Waals surface area contributed by atoms with Crippen LogP contribution in [0.2, 0.25) is 0 Å². The van der Waals surface area contributed by atoms with Gasteiger partial charge in [0.1, 0.15) is 16.5 Å². The molecule has 1 amide bonds. The highest BCUT2D eigenvalue weighted by atomic mass is 32.1. The van der Waals surface area contributed by atoms with Crippen molar-refractivity contribution in [2.24, 2.45) is 0 Å². The van der Waals surface area contributed by atoms with Crippen molar-refractivity contribution < 1.29 is 9.18 Å². The van der Waals surface area contributed by atoms with E-state index in [1.54, 1.807) is 30.5 Å². The highest BCUT2D eigenvalue weighted by molar-refractivity contribution is 7.20. The molecule has 1 aliphatic rings. The number of aromatic nitrogens is 2. The first-order chi connectivity index (χ1) is 12.5. The van der Waals surface area contributed by atoms with E-state index >= 15 is 0 Å². The largest absolute Gasteiger partial charge is 0.347 e. The second-order valence-electron chi connectivity index (χ2n) is 6.59. The zero-order valence-corrected chi connectivity index (χ0v) is 15.4. The van der Waals surface area contributed by atoms with E-state index in [1.165, 1.54) is 17.4 Å². The predicted octanol–water partition coefficient (Wildman–Crippen LogP) is 3.09. The van der Waals surface area contributed by atoms with Crippen LogP contribution in [0.1, 0.15) is 38.6 Å². The predicted molar refractivity (Wildman–Crippen MR) is 99.2 cm³/mol. The van der Waals surface area contributed by atoms with Crippen LogP contribution in [0.5, 0.6) is 0 Å². The van der Waals surface area contributed by atoms with Gasteiger partial charge in [-0.1, -0.05) is 12.1 Å². The Morgan fingerprint density at radius 2 is 2.19 bits per heavy atom. The van der Waals surface area contributed by atoms with Crippen LogP contribution in [0.25, 0.3) is 10.2 Å². The number of carbonyl (C=O) groups is 1. The third-order valence-corrected chi connectivity index (χ3v) is 5.98. The van der Waals surface area contributed by atoms with Gasteiger partial charge < -0.3 is 5.32 Å². The summed E-state index contributed by atoms with van der Waals surface area (Å²) in [5.74, 6) is 0.301. The SMILES string of the molecule is Cc1cc(CNC(=O)c2sc3nc4n(c(=O)c3c2C)CCC4)ccc1F. The summed E-state index contributed by atoms with van der Waals surface area (Å²) in [5.41, 5.74) is 2.00. The summed E-state index contributed by atoms with van der Waals surface area (Å²) in [5, 5.41) is 3.40. The molecule has 2 aromatic heterocycles. The summed E-state index contributed by atoms with van der Waals surface area (Å²) < 4.78 is 15.1. The normalized spacial score (nSPS) is 13.2. The number of aryl methyl sites for hydroxylation is 3. The smallest absolute Gasteiger partial charge is 0.262 e. The van der Waals surface area contributed by atoms with Gasteiger partial charge in [-0.2, -0.15) is 0 Å². The van der Waals surface area contributed by atoms with Gasteiger partial charge in [-0.15, -0.1) is 11.3 Å². The van der Waals surface area contributed by atoms with Crippen LogP contribution in [-0.2, 0) is 19.5 Å². The average molecular weight is 371 g/mol. The minimum absolute atomic E-state index is 0.0514. The maximum atomic E-state index is 13.3. The molecule has 1 N–H and O–H groups in total. The first kappa shape index (κ1) is 16.9. The molecule has 1 aliphatic heterocycles. The Morgan fingerprint density at radius 1 is 1.38 bits per heavy atom. The Hall–Kier alpha value is -2.54. The standard InChI is InChI=1S/C19H18FN3O2S/c1-10-8-12(5-6-13(10)20)9-21-17(24)16-11(2)15-18(26-16)22-14-4-3-7-23(14)19(15)25/h5-6,8H,3-4,7,9H2,1-2H3,(H,21,24). The van der Waals surface area contributed by atoms with Gasteiger partial charge in [0.15, 0.2) is 0 Å². The molecule has 0 saturated heterocycles. The molecule has 5 nitrogen and oxygen atoms in total. The van der Waals surface area contributed by atoms with Crippen molar-refractivity contribution in [3.05, 3.63) is 61.8 Å². The fourth-order valence-corrected chi connectivity index (χ4v) is 4.48. The van der Waals surface area contributed by atoms with Crippen molar-refractivity contribution in [1.82, 2.24) is 14.9 Å². The number of hydrogen-bond acceptors (Lipinski definition) is 4. The Labute approximate surface area is 153 Å². The van der Waals surface area contributed by atoms with Crippen molar-refractivity contribution in [2.45, 2.75) is 39.8 Å². The number of hydrogen-bond donors (Lipinski definition) is 1. The minimum atomic E-state index is -0.264. The number of rotatable bonds is 3. The lowest BCUT2D eigenvalue weighted by Gasteiger charge is -2.06. The number of carbonyl (C=O) groups excluding carboxylic acids is 1. The third kappa shape index (κ3) is 2.72. The molecular weight excluding hydrogens is 353 g/mol. The van der Waals surface area contributed by atoms with Crippen molar-refractivity contribution in [1.29, 1.82) is 0 Å². The Balaban J connectivity index is 1.63. The van der Waals surface area contributed by atoms with Gasteiger partial charge in [-0.3, -0.25) is 14.2 Å². The number of nitrogens with one attached hydrogen (secondary N) is 1. The van der Waals surface area contributed by atoms with E-state index in [1.807, 2.05) is 0 Å². The maximum Gasteiger partial charge on any atom is 0.262 e. The third-order valence-electron chi connectivity index (χ3n) is 4.79. The number of amides is 1. The molecule has 0 saturated carbocycles. The van der Waals surface area contributed by atoms with Gasteiger partial charge in [-0.25, -0.2) is 9.37 Å². The quantitative estimate of drug-likeness (QED) is 0.770. The highest BCUT2D eigenvalue weighted by Crippen LogP contribution is 2.28. The van der Waals surface area contributed by atoms with Gasteiger partial charge in [-0.05, 0) is 43.0 Å². The molecule has 134 valence electrons. The van der Waals surface area contributed by atoms with Crippen LogP contribution in [-0.4, -0.2) is 15.5 Å². The first-order valence-corrected chi connectivity index (χ1v) is 9.33. The van der Waals surface area contributed by atoms with Crippen LogP contribution in [0, 0.1) is 19.7 Å². The van der Waals surface area contributed by atoms with Gasteiger partial charge in [0.05, 0.1) is 10.3 Å². The Kier molecular flexibility index (Phi) is 4.11. The summed E-state index contributed by atoms with van der Waals surface area (Å²) >= 11 is 1.26. The summed E-state index contributed by atoms with van der Waals surface area (Å²) in [6.45, 7) is 4.48. The van der Waals surface area contributed by atoms with E-state index in [2.05, 4.69) is 10.3 Å². The molecule has 0 atom stereocenters. The fraction of sp³-hybridized carbons (Fsp3) is 0.316. The van der Waals surface area contributed by atoms with Crippen molar-refractivity contribution in [3.63, 3.8) is 0 Å². The average Bonchev–Trinajstić information content (AvgIpc) is 3.21. The molecule has 4 rings (SSSR count). The van der Waals surface area contributed by atoms with E-state index in [0.717, 1.165) is 24.2 Å². The molecule has 0 spiro atoms. The number of fused-ring (bicyclic) bond motifs is 2. The zero-order valence-electron chi connectivity index (χ0n) is 14.6. The summed E-state index contributed by atoms with van der Waals surface area (Å²) in [7, 11) is 0. The maximum absolute atomic E-state index is 13.3. The molecule has 26 heavy (non-hydrogen) atoms. The zero-order chi connectivity index (χ0) is 18.4. The lowest BCUT2D eigenvalue weighted by molar-refractivity contribution is 0.0954. The molecular formula is C19H18FN3O2S. The Bertz CT molecular complexity index is 1100. The van der Waals surface area contributed by atoms with Gasteiger partial charge >= 0.3 is 0 Å². The Morgan fingerprint density at radius 3 is 2.96 bits per heavy atom. The van der Waals surface area contributed by atoms with Crippen molar-refractivity contribution >= 4 is 27.5 Å². The summed E-state index contributed by atoms with van der Waals surface area (Å²) in [6, 6.07) is 4.76. The second-order valence-corrected chi connectivity index (χ2v) is 7.59. The summed E-state index contributed by atoms with van der Waals surface area (Å²) in [4.78, 5) is 31.0. The molecule has 0 unspecified atom stereocenters. The van der Waals surface area contributed by atoms with Gasteiger partial charge in [0.25, 0.3) is 11.5 Å². The van der Waals surface area contributed by atoms with Crippen molar-refractivity contribution in [2.75, 3.05) is 0 Å². The van der Waals surface area contributed by atoms with Crippen LogP contribution >= 0.6 is 11.3 Å². The lowest BCUT2D eigenvalue weighted by atomic mass is 10.1. The van der Waals surface area contributed by atoms with E-state index in [0.29, 0.717) is 39.3 Å². The van der Waals surface area contributed by atoms with Crippen LogP contribution in [0.3, 0.4) is 0 Å². The molecule has 0 radical (unpaired) electrons. The van der Waals surface area contributed by atoms with Crippen LogP contribution in [0.15, 0.2) is 23.0 Å². The number of benzene rings is 1. The number of nitrogens with zero attached hydrogens (tertiary/aromatic N) is 2. The first-order valence-electron chi connectivity index (χ1n) is 8.51. The highest BCUT2D eigenvalue weighted by Gasteiger charge is 2.23. The summed E-state index contributed by atoms with van der Waals surface area (Å²) in [6.07, 6.45) is 1.73. The van der Waals surface area contributed by atoms with Crippen molar-refractivity contribution in [3.8, 4) is 0 Å². The second kappa shape index (κ2) is 6.32. The van der Waals surface area contributed by atoms with Gasteiger partial charge in [0.2, 0.25) is 0 Å². The van der Waals surface area contributed by atoms with Crippen LogP contribution < -0.4 is 10.9 Å².